The second kappa shape index (κ2) is 6.91. The van der Waals surface area contributed by atoms with Crippen LogP contribution in [0.5, 0.6) is 0 Å². The third kappa shape index (κ3) is 4.04. The van der Waals surface area contributed by atoms with Crippen molar-refractivity contribution in [2.24, 2.45) is 4.99 Å². The summed E-state index contributed by atoms with van der Waals surface area (Å²) in [6.07, 6.45) is 4.99. The fourth-order valence-corrected chi connectivity index (χ4v) is 3.30. The lowest BCUT2D eigenvalue weighted by Crippen LogP contribution is -2.40. The molecule has 2 aliphatic rings. The van der Waals surface area contributed by atoms with E-state index in [1.54, 1.807) is 0 Å². The van der Waals surface area contributed by atoms with E-state index in [2.05, 4.69) is 78.2 Å². The van der Waals surface area contributed by atoms with E-state index >= 15 is 0 Å². The largest absolute Gasteiger partial charge is 0.354 e. The molecule has 0 spiro atoms. The second-order valence-electron chi connectivity index (χ2n) is 7.51. The monoisotopic (exact) mass is 333 g/mol. The quantitative estimate of drug-likeness (QED) is 0.615. The molecule has 2 N–H and O–H groups in total. The zero-order valence-corrected chi connectivity index (χ0v) is 14.9. The van der Waals surface area contributed by atoms with Gasteiger partial charge in [-0.25, -0.2) is 0 Å². The standard InChI is InChI=1S/C22H27N3/c1-17(18-8-4-2-5-9-18)24-21(25-20-12-13-20)23-16-22(14-15-22)19-10-6-3-7-11-19/h2-11,17,20H,12-16H2,1H3,(H2,23,24,25)/t17-/m1/s1. The van der Waals surface area contributed by atoms with Gasteiger partial charge in [-0.2, -0.15) is 0 Å². The second-order valence-corrected chi connectivity index (χ2v) is 7.51. The van der Waals surface area contributed by atoms with Crippen LogP contribution in [-0.4, -0.2) is 18.5 Å². The zero-order chi connectivity index (χ0) is 17.1. The molecule has 2 fully saturated rings. The molecular formula is C22H27N3. The molecule has 1 atom stereocenters. The van der Waals surface area contributed by atoms with Crippen molar-refractivity contribution >= 4 is 5.96 Å². The Bertz CT molecular complexity index is 715. The van der Waals surface area contributed by atoms with Crippen LogP contribution in [-0.2, 0) is 5.41 Å². The molecule has 2 aromatic rings. The van der Waals surface area contributed by atoms with Gasteiger partial charge in [-0.3, -0.25) is 4.99 Å². The molecule has 0 aliphatic heterocycles. The van der Waals surface area contributed by atoms with E-state index in [4.69, 9.17) is 4.99 Å². The van der Waals surface area contributed by atoms with Gasteiger partial charge in [-0.05, 0) is 43.7 Å². The Morgan fingerprint density at radius 2 is 1.68 bits per heavy atom. The Labute approximate surface area is 150 Å². The van der Waals surface area contributed by atoms with Crippen LogP contribution in [0.25, 0.3) is 0 Å². The van der Waals surface area contributed by atoms with Crippen LogP contribution in [0.4, 0.5) is 0 Å². The highest BCUT2D eigenvalue weighted by molar-refractivity contribution is 5.81. The van der Waals surface area contributed by atoms with Gasteiger partial charge in [0.05, 0.1) is 12.6 Å². The maximum absolute atomic E-state index is 4.97. The van der Waals surface area contributed by atoms with Crippen LogP contribution in [0, 0.1) is 0 Å². The van der Waals surface area contributed by atoms with E-state index in [1.165, 1.54) is 36.8 Å². The van der Waals surface area contributed by atoms with E-state index in [0.29, 0.717) is 6.04 Å². The van der Waals surface area contributed by atoms with Crippen molar-refractivity contribution in [1.82, 2.24) is 10.6 Å². The first-order valence-corrected chi connectivity index (χ1v) is 9.43. The number of benzene rings is 2. The van der Waals surface area contributed by atoms with Gasteiger partial charge in [0, 0.05) is 11.5 Å². The third-order valence-electron chi connectivity index (χ3n) is 5.35. The van der Waals surface area contributed by atoms with Crippen LogP contribution < -0.4 is 10.6 Å². The van der Waals surface area contributed by atoms with Crippen molar-refractivity contribution in [3.05, 3.63) is 71.8 Å². The molecule has 130 valence electrons. The summed E-state index contributed by atoms with van der Waals surface area (Å²) in [5.41, 5.74) is 2.98. The number of hydrogen-bond acceptors (Lipinski definition) is 1. The number of aliphatic imine (C=N–C) groups is 1. The molecule has 0 amide bonds. The number of nitrogens with zero attached hydrogens (tertiary/aromatic N) is 1. The highest BCUT2D eigenvalue weighted by atomic mass is 15.2. The van der Waals surface area contributed by atoms with Crippen LogP contribution in [0.1, 0.15) is 49.8 Å². The maximum atomic E-state index is 4.97. The van der Waals surface area contributed by atoms with Gasteiger partial charge >= 0.3 is 0 Å². The fourth-order valence-electron chi connectivity index (χ4n) is 3.30. The molecule has 3 nitrogen and oxygen atoms in total. The van der Waals surface area contributed by atoms with Gasteiger partial charge in [0.25, 0.3) is 0 Å². The summed E-state index contributed by atoms with van der Waals surface area (Å²) in [5.74, 6) is 0.959. The molecule has 0 aromatic heterocycles. The average Bonchev–Trinajstić information content (AvgIpc) is 3.57. The summed E-state index contributed by atoms with van der Waals surface area (Å²) in [5, 5.41) is 7.18. The third-order valence-corrected chi connectivity index (χ3v) is 5.35. The fraction of sp³-hybridized carbons (Fsp3) is 0.409. The molecular weight excluding hydrogens is 306 g/mol. The highest BCUT2D eigenvalue weighted by Crippen LogP contribution is 2.48. The summed E-state index contributed by atoms with van der Waals surface area (Å²) < 4.78 is 0. The van der Waals surface area contributed by atoms with Crippen molar-refractivity contribution in [3.63, 3.8) is 0 Å². The van der Waals surface area contributed by atoms with Gasteiger partial charge < -0.3 is 10.6 Å². The summed E-state index contributed by atoms with van der Waals surface area (Å²) in [4.78, 5) is 4.97. The summed E-state index contributed by atoms with van der Waals surface area (Å²) in [6, 6.07) is 22.3. The zero-order valence-electron chi connectivity index (χ0n) is 14.9. The summed E-state index contributed by atoms with van der Waals surface area (Å²) in [7, 11) is 0. The minimum atomic E-state index is 0.248. The van der Waals surface area contributed by atoms with E-state index in [1.807, 2.05) is 0 Å². The molecule has 2 saturated carbocycles. The molecule has 4 rings (SSSR count). The number of rotatable bonds is 6. The Kier molecular flexibility index (Phi) is 4.48. The molecule has 3 heteroatoms. The lowest BCUT2D eigenvalue weighted by Gasteiger charge is -2.20. The lowest BCUT2D eigenvalue weighted by molar-refractivity contribution is 0.658. The number of nitrogens with one attached hydrogen (secondary N) is 2. The molecule has 0 unspecified atom stereocenters. The van der Waals surface area contributed by atoms with Crippen LogP contribution in [0.2, 0.25) is 0 Å². The van der Waals surface area contributed by atoms with Gasteiger partial charge in [0.2, 0.25) is 0 Å². The number of guanidine groups is 1. The van der Waals surface area contributed by atoms with E-state index < -0.39 is 0 Å². The molecule has 2 aromatic carbocycles. The molecule has 25 heavy (non-hydrogen) atoms. The topological polar surface area (TPSA) is 36.4 Å². The van der Waals surface area contributed by atoms with E-state index in [0.717, 1.165) is 12.5 Å². The van der Waals surface area contributed by atoms with Crippen molar-refractivity contribution in [2.75, 3.05) is 6.54 Å². The Balaban J connectivity index is 1.46. The highest BCUT2D eigenvalue weighted by Gasteiger charge is 2.44. The van der Waals surface area contributed by atoms with Gasteiger partial charge in [0.15, 0.2) is 5.96 Å². The van der Waals surface area contributed by atoms with Crippen LogP contribution in [0.3, 0.4) is 0 Å². The lowest BCUT2D eigenvalue weighted by atomic mass is 9.96. The average molecular weight is 333 g/mol. The first kappa shape index (κ1) is 16.2. The summed E-state index contributed by atoms with van der Waals surface area (Å²) >= 11 is 0. The van der Waals surface area contributed by atoms with Gasteiger partial charge in [-0.15, -0.1) is 0 Å². The summed E-state index contributed by atoms with van der Waals surface area (Å²) in [6.45, 7) is 3.06. The van der Waals surface area contributed by atoms with Crippen LogP contribution >= 0.6 is 0 Å². The first-order chi connectivity index (χ1) is 12.3. The predicted molar refractivity (Wildman–Crippen MR) is 104 cm³/mol. The minimum absolute atomic E-state index is 0.248. The SMILES string of the molecule is C[C@@H](NC(=NCC1(c2ccccc2)CC1)NC1CC1)c1ccccc1. The van der Waals surface area contributed by atoms with Gasteiger partial charge in [0.1, 0.15) is 0 Å². The Hall–Kier alpha value is -2.29. The van der Waals surface area contributed by atoms with Crippen molar-refractivity contribution in [1.29, 1.82) is 0 Å². The Morgan fingerprint density at radius 1 is 1.04 bits per heavy atom. The van der Waals surface area contributed by atoms with Crippen molar-refractivity contribution in [3.8, 4) is 0 Å². The van der Waals surface area contributed by atoms with Crippen molar-refractivity contribution < 1.29 is 0 Å². The molecule has 2 aliphatic carbocycles. The van der Waals surface area contributed by atoms with Crippen LogP contribution in [0.15, 0.2) is 65.7 Å². The maximum Gasteiger partial charge on any atom is 0.191 e. The minimum Gasteiger partial charge on any atom is -0.354 e. The smallest absolute Gasteiger partial charge is 0.191 e. The molecule has 0 radical (unpaired) electrons. The van der Waals surface area contributed by atoms with Crippen molar-refractivity contribution in [2.45, 2.75) is 50.1 Å². The van der Waals surface area contributed by atoms with E-state index in [9.17, 15) is 0 Å². The first-order valence-electron chi connectivity index (χ1n) is 9.43. The normalized spacial score (nSPS) is 20.0. The number of hydrogen-bond donors (Lipinski definition) is 2. The van der Waals surface area contributed by atoms with Gasteiger partial charge in [-0.1, -0.05) is 60.7 Å². The molecule has 0 bridgehead atoms. The molecule has 0 saturated heterocycles. The predicted octanol–water partition coefficient (Wildman–Crippen LogP) is 4.18. The Morgan fingerprint density at radius 3 is 2.28 bits per heavy atom. The van der Waals surface area contributed by atoms with E-state index in [-0.39, 0.29) is 11.5 Å². The molecule has 0 heterocycles.